The fourth-order valence-corrected chi connectivity index (χ4v) is 3.46. The van der Waals surface area contributed by atoms with Crippen LogP contribution in [0.5, 0.6) is 0 Å². The lowest BCUT2D eigenvalue weighted by Crippen LogP contribution is -2.31. The summed E-state index contributed by atoms with van der Waals surface area (Å²) in [4.78, 5) is 31.7. The van der Waals surface area contributed by atoms with E-state index in [9.17, 15) is 9.59 Å². The number of hydrogen-bond acceptors (Lipinski definition) is 4. The van der Waals surface area contributed by atoms with E-state index in [2.05, 4.69) is 20.6 Å². The van der Waals surface area contributed by atoms with Crippen molar-refractivity contribution in [2.45, 2.75) is 25.8 Å². The fourth-order valence-electron chi connectivity index (χ4n) is 2.99. The number of H-pyrrole nitrogens is 1. The van der Waals surface area contributed by atoms with E-state index in [0.29, 0.717) is 0 Å². The molecule has 0 aliphatic rings. The Morgan fingerprint density at radius 2 is 1.89 bits per heavy atom. The smallest absolute Gasteiger partial charge is 0.225 e. The number of fused-ring (bicyclic) bond motifs is 1. The quantitative estimate of drug-likeness (QED) is 0.542. The molecule has 3 N–H and O–H groups in total. The molecule has 1 aromatic heterocycles. The van der Waals surface area contributed by atoms with Gasteiger partial charge in [0.1, 0.15) is 5.82 Å². The first-order chi connectivity index (χ1) is 13.5. The maximum Gasteiger partial charge on any atom is 0.225 e. The molecule has 0 aliphatic carbocycles. The molecular formula is C21H24N4O2S. The zero-order chi connectivity index (χ0) is 19.9. The molecule has 3 rings (SSSR count). The van der Waals surface area contributed by atoms with Crippen LogP contribution in [0.3, 0.4) is 0 Å². The number of nitrogens with zero attached hydrogens (tertiary/aromatic N) is 1. The van der Waals surface area contributed by atoms with Crippen molar-refractivity contribution in [1.29, 1.82) is 0 Å². The van der Waals surface area contributed by atoms with E-state index in [-0.39, 0.29) is 24.3 Å². The Bertz CT molecular complexity index is 919. The fraction of sp³-hybridized carbons (Fsp3) is 0.286. The van der Waals surface area contributed by atoms with Gasteiger partial charge in [0.25, 0.3) is 0 Å². The Kier molecular flexibility index (Phi) is 6.71. The van der Waals surface area contributed by atoms with E-state index in [0.717, 1.165) is 40.3 Å². The normalized spacial score (nSPS) is 11.9. The molecule has 0 saturated heterocycles. The van der Waals surface area contributed by atoms with Gasteiger partial charge in [-0.3, -0.25) is 9.59 Å². The number of carbonyl (C=O) groups is 2. The van der Waals surface area contributed by atoms with Crippen molar-refractivity contribution in [3.05, 3.63) is 59.9 Å². The first-order valence-electron chi connectivity index (χ1n) is 9.14. The van der Waals surface area contributed by atoms with Gasteiger partial charge in [0.15, 0.2) is 0 Å². The van der Waals surface area contributed by atoms with E-state index < -0.39 is 0 Å². The zero-order valence-corrected chi connectivity index (χ0v) is 16.8. The highest BCUT2D eigenvalue weighted by atomic mass is 32.2. The van der Waals surface area contributed by atoms with Crippen molar-refractivity contribution in [3.63, 3.8) is 0 Å². The summed E-state index contributed by atoms with van der Waals surface area (Å²) in [6, 6.07) is 15.0. The molecule has 0 fully saturated rings. The van der Waals surface area contributed by atoms with Crippen LogP contribution in [0.4, 0.5) is 5.69 Å². The summed E-state index contributed by atoms with van der Waals surface area (Å²) in [6.07, 6.45) is 3.12. The number of aromatic nitrogens is 2. The summed E-state index contributed by atoms with van der Waals surface area (Å²) in [5, 5.41) is 5.83. The number of rotatable bonds is 8. The van der Waals surface area contributed by atoms with Crippen LogP contribution in [0, 0.1) is 0 Å². The molecule has 3 aromatic rings. The third-order valence-corrected chi connectivity index (χ3v) is 4.97. The highest BCUT2D eigenvalue weighted by Gasteiger charge is 2.18. The summed E-state index contributed by atoms with van der Waals surface area (Å²) in [7, 11) is 0. The molecule has 0 unspecified atom stereocenters. The van der Waals surface area contributed by atoms with Crippen LogP contribution in [-0.4, -0.2) is 33.8 Å². The van der Waals surface area contributed by atoms with Crippen molar-refractivity contribution in [3.8, 4) is 0 Å². The Labute approximate surface area is 168 Å². The minimum Gasteiger partial charge on any atom is -0.346 e. The van der Waals surface area contributed by atoms with Gasteiger partial charge in [0.05, 0.1) is 23.5 Å². The third-order valence-electron chi connectivity index (χ3n) is 4.32. The van der Waals surface area contributed by atoms with Crippen LogP contribution in [0.15, 0.2) is 48.5 Å². The minimum atomic E-state index is -0.161. The SMILES string of the molecule is CSCC[C@@H](NC(=O)Cc1ccc(NC(C)=O)cc1)c1nc2ccccc2[nH]1. The number of anilines is 1. The van der Waals surface area contributed by atoms with Crippen molar-refractivity contribution in [2.75, 3.05) is 17.3 Å². The Balaban J connectivity index is 1.68. The van der Waals surface area contributed by atoms with Crippen LogP contribution in [0.1, 0.15) is 30.8 Å². The molecule has 2 amide bonds. The Hall–Kier alpha value is -2.80. The van der Waals surface area contributed by atoms with E-state index in [1.54, 1.807) is 23.9 Å². The summed E-state index contributed by atoms with van der Waals surface area (Å²) >= 11 is 1.74. The lowest BCUT2D eigenvalue weighted by atomic mass is 10.1. The van der Waals surface area contributed by atoms with Gasteiger partial charge in [0, 0.05) is 12.6 Å². The lowest BCUT2D eigenvalue weighted by molar-refractivity contribution is -0.121. The number of amides is 2. The molecule has 1 heterocycles. The maximum absolute atomic E-state index is 12.6. The van der Waals surface area contributed by atoms with E-state index in [1.165, 1.54) is 6.92 Å². The van der Waals surface area contributed by atoms with Gasteiger partial charge in [-0.1, -0.05) is 24.3 Å². The Morgan fingerprint density at radius 1 is 1.14 bits per heavy atom. The number of hydrogen-bond donors (Lipinski definition) is 3. The van der Waals surface area contributed by atoms with Gasteiger partial charge >= 0.3 is 0 Å². The van der Waals surface area contributed by atoms with Gasteiger partial charge in [-0.2, -0.15) is 11.8 Å². The maximum atomic E-state index is 12.6. The summed E-state index contributed by atoms with van der Waals surface area (Å²) in [6.45, 7) is 1.47. The number of aromatic amines is 1. The molecule has 0 radical (unpaired) electrons. The average Bonchev–Trinajstić information content (AvgIpc) is 3.10. The highest BCUT2D eigenvalue weighted by Crippen LogP contribution is 2.20. The number of thioether (sulfide) groups is 1. The second kappa shape index (κ2) is 9.41. The lowest BCUT2D eigenvalue weighted by Gasteiger charge is -2.16. The number of carbonyl (C=O) groups excluding carboxylic acids is 2. The second-order valence-electron chi connectivity index (χ2n) is 6.60. The number of imidazole rings is 1. The van der Waals surface area contributed by atoms with Crippen molar-refractivity contribution >= 4 is 40.3 Å². The molecule has 1 atom stereocenters. The molecule has 0 spiro atoms. The topological polar surface area (TPSA) is 86.9 Å². The Morgan fingerprint density at radius 3 is 2.57 bits per heavy atom. The van der Waals surface area contributed by atoms with Crippen LogP contribution in [0.25, 0.3) is 11.0 Å². The summed E-state index contributed by atoms with van der Waals surface area (Å²) in [5.41, 5.74) is 3.47. The molecule has 6 nitrogen and oxygen atoms in total. The number of benzene rings is 2. The summed E-state index contributed by atoms with van der Waals surface area (Å²) < 4.78 is 0. The number of nitrogens with one attached hydrogen (secondary N) is 3. The third kappa shape index (κ3) is 5.36. The van der Waals surface area contributed by atoms with Crippen LogP contribution in [-0.2, 0) is 16.0 Å². The van der Waals surface area contributed by atoms with Gasteiger partial charge in [-0.25, -0.2) is 4.98 Å². The molecule has 7 heteroatoms. The van der Waals surface area contributed by atoms with E-state index in [1.807, 2.05) is 42.7 Å². The molecule has 0 saturated carbocycles. The largest absolute Gasteiger partial charge is 0.346 e. The van der Waals surface area contributed by atoms with Gasteiger partial charge in [-0.15, -0.1) is 0 Å². The molecule has 2 aromatic carbocycles. The zero-order valence-electron chi connectivity index (χ0n) is 16.0. The average molecular weight is 397 g/mol. The van der Waals surface area contributed by atoms with E-state index >= 15 is 0 Å². The summed E-state index contributed by atoms with van der Waals surface area (Å²) in [5.74, 6) is 1.53. The van der Waals surface area contributed by atoms with E-state index in [4.69, 9.17) is 0 Å². The predicted octanol–water partition coefficient (Wildman–Crippen LogP) is 3.67. The van der Waals surface area contributed by atoms with Crippen molar-refractivity contribution < 1.29 is 9.59 Å². The molecular weight excluding hydrogens is 372 g/mol. The highest BCUT2D eigenvalue weighted by molar-refractivity contribution is 7.98. The number of para-hydroxylation sites is 2. The monoisotopic (exact) mass is 396 g/mol. The van der Waals surface area contributed by atoms with Crippen LogP contribution >= 0.6 is 11.8 Å². The molecule has 0 bridgehead atoms. The molecule has 0 aliphatic heterocycles. The first kappa shape index (κ1) is 19.9. The molecule has 146 valence electrons. The van der Waals surface area contributed by atoms with Crippen molar-refractivity contribution in [1.82, 2.24) is 15.3 Å². The van der Waals surface area contributed by atoms with Crippen LogP contribution < -0.4 is 10.6 Å². The van der Waals surface area contributed by atoms with Crippen molar-refractivity contribution in [2.24, 2.45) is 0 Å². The second-order valence-corrected chi connectivity index (χ2v) is 7.58. The van der Waals surface area contributed by atoms with Gasteiger partial charge < -0.3 is 15.6 Å². The molecule has 28 heavy (non-hydrogen) atoms. The first-order valence-corrected chi connectivity index (χ1v) is 10.5. The standard InChI is InChI=1S/C21H24N4O2S/c1-14(26)22-16-9-7-15(8-10-16)13-20(27)23-19(11-12-28-2)21-24-17-5-3-4-6-18(17)25-21/h3-10,19H,11-13H2,1-2H3,(H,22,26)(H,23,27)(H,24,25)/t19-/m1/s1. The minimum absolute atomic E-state index is 0.0566. The van der Waals surface area contributed by atoms with Crippen LogP contribution in [0.2, 0.25) is 0 Å². The van der Waals surface area contributed by atoms with Gasteiger partial charge in [0.2, 0.25) is 11.8 Å². The van der Waals surface area contributed by atoms with Gasteiger partial charge in [-0.05, 0) is 48.3 Å². The predicted molar refractivity (Wildman–Crippen MR) is 114 cm³/mol.